The van der Waals surface area contributed by atoms with Crippen molar-refractivity contribution >= 4 is 0 Å². The predicted molar refractivity (Wildman–Crippen MR) is 128 cm³/mol. The van der Waals surface area contributed by atoms with Gasteiger partial charge in [0, 0.05) is 5.56 Å². The molecule has 190 valence electrons. The largest absolute Gasteiger partial charge is 0.393 e. The maximum Gasteiger partial charge on any atom is 0.162 e. The van der Waals surface area contributed by atoms with Crippen molar-refractivity contribution in [1.29, 1.82) is 0 Å². The highest BCUT2D eigenvalue weighted by atomic mass is 19.2. The van der Waals surface area contributed by atoms with Crippen molar-refractivity contribution in [3.8, 4) is 0 Å². The number of hydrogen-bond donors (Lipinski definition) is 1. The summed E-state index contributed by atoms with van der Waals surface area (Å²) >= 11 is 0. The summed E-state index contributed by atoms with van der Waals surface area (Å²) in [5.41, 5.74) is 2.34. The average Bonchev–Trinajstić information content (AvgIpc) is 3.71. The van der Waals surface area contributed by atoms with Gasteiger partial charge < -0.3 is 14.6 Å². The van der Waals surface area contributed by atoms with Gasteiger partial charge in [0.05, 0.1) is 25.4 Å². The predicted octanol–water partition coefficient (Wildman–Crippen LogP) is 7.07. The maximum atomic E-state index is 15.1. The molecule has 2 saturated carbocycles. The number of halogens is 3. The third kappa shape index (κ3) is 5.60. The molecule has 3 nitrogen and oxygen atoms in total. The third-order valence-electron chi connectivity index (χ3n) is 8.41. The molecular formula is C29H35F3O3. The fourth-order valence-corrected chi connectivity index (χ4v) is 5.99. The van der Waals surface area contributed by atoms with E-state index >= 15 is 8.78 Å². The molecule has 2 aromatic rings. The van der Waals surface area contributed by atoms with E-state index < -0.39 is 11.6 Å². The van der Waals surface area contributed by atoms with Gasteiger partial charge in [0.15, 0.2) is 11.6 Å². The van der Waals surface area contributed by atoms with E-state index in [1.165, 1.54) is 6.07 Å². The van der Waals surface area contributed by atoms with Gasteiger partial charge >= 0.3 is 0 Å². The van der Waals surface area contributed by atoms with Crippen LogP contribution < -0.4 is 0 Å². The lowest BCUT2D eigenvalue weighted by atomic mass is 9.76. The Morgan fingerprint density at radius 1 is 0.886 bits per heavy atom. The zero-order chi connectivity index (χ0) is 24.5. The number of aliphatic hydroxyl groups is 1. The first-order chi connectivity index (χ1) is 16.9. The van der Waals surface area contributed by atoms with Crippen LogP contribution in [0.25, 0.3) is 0 Å². The first-order valence-electron chi connectivity index (χ1n) is 13.1. The van der Waals surface area contributed by atoms with Crippen LogP contribution in [0.3, 0.4) is 0 Å². The zero-order valence-electron chi connectivity index (χ0n) is 20.3. The molecule has 1 heterocycles. The van der Waals surface area contributed by atoms with E-state index in [1.807, 2.05) is 6.07 Å². The van der Waals surface area contributed by atoms with E-state index in [4.69, 9.17) is 9.47 Å². The van der Waals surface area contributed by atoms with Crippen molar-refractivity contribution in [2.45, 2.75) is 95.0 Å². The van der Waals surface area contributed by atoms with Crippen LogP contribution in [0.1, 0.15) is 98.5 Å². The Balaban J connectivity index is 1.15. The summed E-state index contributed by atoms with van der Waals surface area (Å²) < 4.78 is 55.7. The van der Waals surface area contributed by atoms with E-state index in [-0.39, 0.29) is 48.5 Å². The van der Waals surface area contributed by atoms with Gasteiger partial charge in [-0.15, -0.1) is 0 Å². The van der Waals surface area contributed by atoms with Gasteiger partial charge in [-0.3, -0.25) is 0 Å². The van der Waals surface area contributed by atoms with Gasteiger partial charge in [0.2, 0.25) is 0 Å². The zero-order valence-corrected chi connectivity index (χ0v) is 20.3. The molecule has 1 saturated heterocycles. The highest BCUT2D eigenvalue weighted by Gasteiger charge is 2.31. The van der Waals surface area contributed by atoms with Gasteiger partial charge in [-0.25, -0.2) is 13.2 Å². The first-order valence-corrected chi connectivity index (χ1v) is 13.1. The third-order valence-corrected chi connectivity index (χ3v) is 8.41. The quantitative estimate of drug-likeness (QED) is 0.424. The SMILES string of the molecule is CC(O)C1CCC(c2ccc(C3CCC(OCc4ccc(C5CO5)cc4F)CC3)c(F)c2F)CC1. The number of rotatable bonds is 7. The van der Waals surface area contributed by atoms with Crippen LogP contribution in [0.5, 0.6) is 0 Å². The van der Waals surface area contributed by atoms with Crippen molar-refractivity contribution in [2.75, 3.05) is 6.61 Å². The molecule has 0 radical (unpaired) electrons. The Bertz CT molecular complexity index is 1020. The second-order valence-electron chi connectivity index (χ2n) is 10.7. The van der Waals surface area contributed by atoms with Crippen LogP contribution >= 0.6 is 0 Å². The molecule has 2 atom stereocenters. The Morgan fingerprint density at radius 2 is 1.46 bits per heavy atom. The summed E-state index contributed by atoms with van der Waals surface area (Å²) in [6.07, 6.45) is 5.86. The van der Waals surface area contributed by atoms with Crippen molar-refractivity contribution in [3.05, 3.63) is 70.0 Å². The molecule has 6 heteroatoms. The molecule has 0 spiro atoms. The fourth-order valence-electron chi connectivity index (χ4n) is 5.99. The Kier molecular flexibility index (Phi) is 7.52. The average molecular weight is 489 g/mol. The van der Waals surface area contributed by atoms with Crippen molar-refractivity contribution < 1.29 is 27.8 Å². The van der Waals surface area contributed by atoms with Crippen LogP contribution in [0.4, 0.5) is 13.2 Å². The number of epoxide rings is 1. The summed E-state index contributed by atoms with van der Waals surface area (Å²) in [6.45, 7) is 2.67. The molecule has 0 amide bonds. The van der Waals surface area contributed by atoms with E-state index in [1.54, 1.807) is 25.1 Å². The molecule has 3 fully saturated rings. The molecule has 2 unspecified atom stereocenters. The molecule has 1 aliphatic heterocycles. The Hall–Kier alpha value is -1.89. The minimum absolute atomic E-state index is 0.00613. The molecule has 0 aromatic heterocycles. The summed E-state index contributed by atoms with van der Waals surface area (Å²) in [4.78, 5) is 0. The number of aliphatic hydroxyl groups excluding tert-OH is 1. The molecule has 5 rings (SSSR count). The van der Waals surface area contributed by atoms with Gasteiger partial charge in [0.25, 0.3) is 0 Å². The second kappa shape index (κ2) is 10.6. The molecule has 3 aliphatic rings. The first kappa shape index (κ1) is 24.8. The van der Waals surface area contributed by atoms with Gasteiger partial charge in [-0.05, 0) is 98.8 Å². The normalized spacial score (nSPS) is 29.7. The standard InChI is InChI=1S/C29H35F3O3/c1-17(33)18-2-4-19(5-3-18)24-12-13-25(29(32)28(24)31)20-8-10-23(11-9-20)34-15-22-7-6-21(14-26(22)30)27-16-35-27/h6-7,12-14,17-20,23,27,33H,2-5,8-11,15-16H2,1H3. The second-order valence-corrected chi connectivity index (χ2v) is 10.7. The fraction of sp³-hybridized carbons (Fsp3) is 0.586. The van der Waals surface area contributed by atoms with Crippen LogP contribution in [-0.4, -0.2) is 23.9 Å². The molecule has 1 N–H and O–H groups in total. The van der Waals surface area contributed by atoms with Crippen molar-refractivity contribution in [1.82, 2.24) is 0 Å². The Labute approximate surface area is 205 Å². The minimum Gasteiger partial charge on any atom is -0.393 e. The highest BCUT2D eigenvalue weighted by Crippen LogP contribution is 2.41. The topological polar surface area (TPSA) is 42.0 Å². The van der Waals surface area contributed by atoms with Crippen LogP contribution in [0.15, 0.2) is 30.3 Å². The van der Waals surface area contributed by atoms with Gasteiger partial charge in [-0.1, -0.05) is 24.3 Å². The van der Waals surface area contributed by atoms with Crippen LogP contribution in [0.2, 0.25) is 0 Å². The van der Waals surface area contributed by atoms with Crippen molar-refractivity contribution in [3.63, 3.8) is 0 Å². The van der Waals surface area contributed by atoms with Crippen LogP contribution in [0, 0.1) is 23.4 Å². The Morgan fingerprint density at radius 3 is 1.97 bits per heavy atom. The smallest absolute Gasteiger partial charge is 0.162 e. The lowest BCUT2D eigenvalue weighted by Crippen LogP contribution is -2.23. The molecular weight excluding hydrogens is 453 g/mol. The summed E-state index contributed by atoms with van der Waals surface area (Å²) in [6, 6.07) is 8.72. The number of ether oxygens (including phenoxy) is 2. The lowest BCUT2D eigenvalue weighted by molar-refractivity contribution is 0.0118. The van der Waals surface area contributed by atoms with Gasteiger partial charge in [-0.2, -0.15) is 0 Å². The molecule has 35 heavy (non-hydrogen) atoms. The lowest BCUT2D eigenvalue weighted by Gasteiger charge is -2.32. The van der Waals surface area contributed by atoms with E-state index in [0.29, 0.717) is 23.3 Å². The maximum absolute atomic E-state index is 15.1. The summed E-state index contributed by atoms with van der Waals surface area (Å²) in [5, 5.41) is 9.80. The minimum atomic E-state index is -0.702. The molecule has 0 bridgehead atoms. The number of benzene rings is 2. The van der Waals surface area contributed by atoms with E-state index in [0.717, 1.165) is 56.9 Å². The monoisotopic (exact) mass is 488 g/mol. The van der Waals surface area contributed by atoms with E-state index in [2.05, 4.69) is 0 Å². The van der Waals surface area contributed by atoms with Gasteiger partial charge in [0.1, 0.15) is 11.9 Å². The summed E-state index contributed by atoms with van der Waals surface area (Å²) in [5.74, 6) is -1.43. The number of hydrogen-bond acceptors (Lipinski definition) is 3. The van der Waals surface area contributed by atoms with E-state index in [9.17, 15) is 9.50 Å². The van der Waals surface area contributed by atoms with Crippen molar-refractivity contribution in [2.24, 2.45) is 5.92 Å². The van der Waals surface area contributed by atoms with Crippen LogP contribution in [-0.2, 0) is 16.1 Å². The molecule has 2 aliphatic carbocycles. The molecule has 2 aromatic carbocycles. The summed E-state index contributed by atoms with van der Waals surface area (Å²) in [7, 11) is 0. The highest BCUT2D eigenvalue weighted by molar-refractivity contribution is 5.32.